The van der Waals surface area contributed by atoms with Crippen molar-refractivity contribution in [1.29, 1.82) is 0 Å². The molecule has 0 unspecified atom stereocenters. The number of aryl methyl sites for hydroxylation is 1. The molecule has 4 heterocycles. The molecule has 5 rings (SSSR count). The van der Waals surface area contributed by atoms with E-state index in [9.17, 15) is 4.79 Å². The Balaban J connectivity index is 1.02. The first-order chi connectivity index (χ1) is 15.8. The van der Waals surface area contributed by atoms with Gasteiger partial charge in [-0.25, -0.2) is 0 Å². The van der Waals surface area contributed by atoms with E-state index in [1.54, 1.807) is 6.20 Å². The van der Waals surface area contributed by atoms with Crippen molar-refractivity contribution in [2.45, 2.75) is 25.7 Å². The smallest absolute Gasteiger partial charge is 0.253 e. The standard InChI is InChI=1S/C25H33N5O2/c31-25(21-18-28-24-20(21)8-4-11-26-24)27-10-1-2-12-29-13-15-30(16-14-29)22-9-3-6-19-7-5-17-32-23(19)22/h3-4,6,8-9,18,26,28H,1-2,5,7,10-17H2,(H,27,31). The SMILES string of the molecule is O=C(NCCCCN1CCN(c2cccc3c2OCCC3)CC1)c1c[nH]c2c1C=CCN2. The molecule has 7 nitrogen and oxygen atoms in total. The van der Waals surface area contributed by atoms with Crippen LogP contribution in [0.1, 0.15) is 40.7 Å². The highest BCUT2D eigenvalue weighted by Gasteiger charge is 2.22. The summed E-state index contributed by atoms with van der Waals surface area (Å²) in [6.07, 6.45) is 10.2. The van der Waals surface area contributed by atoms with Crippen molar-refractivity contribution in [1.82, 2.24) is 15.2 Å². The van der Waals surface area contributed by atoms with E-state index in [1.807, 2.05) is 12.2 Å². The number of amides is 1. The first-order valence-corrected chi connectivity index (χ1v) is 11.9. The number of carbonyl (C=O) groups excluding carboxylic acids is 1. The summed E-state index contributed by atoms with van der Waals surface area (Å²) in [6.45, 7) is 7.65. The minimum atomic E-state index is -0.00197. The second-order valence-corrected chi connectivity index (χ2v) is 8.78. The lowest BCUT2D eigenvalue weighted by Crippen LogP contribution is -2.46. The van der Waals surface area contributed by atoms with E-state index < -0.39 is 0 Å². The molecule has 0 radical (unpaired) electrons. The molecule has 3 N–H and O–H groups in total. The Morgan fingerprint density at radius 2 is 2.06 bits per heavy atom. The van der Waals surface area contributed by atoms with Crippen LogP contribution in [-0.2, 0) is 6.42 Å². The molecule has 1 amide bonds. The van der Waals surface area contributed by atoms with Gasteiger partial charge in [0.15, 0.2) is 0 Å². The Labute approximate surface area is 189 Å². The molecule has 0 bridgehead atoms. The number of fused-ring (bicyclic) bond motifs is 2. The van der Waals surface area contributed by atoms with Gasteiger partial charge in [0.2, 0.25) is 0 Å². The largest absolute Gasteiger partial charge is 0.491 e. The molecule has 2 aromatic rings. The van der Waals surface area contributed by atoms with Crippen molar-refractivity contribution < 1.29 is 9.53 Å². The zero-order valence-electron chi connectivity index (χ0n) is 18.7. The number of rotatable bonds is 7. The van der Waals surface area contributed by atoms with Crippen molar-refractivity contribution in [2.75, 3.05) is 62.6 Å². The van der Waals surface area contributed by atoms with Crippen LogP contribution in [0.5, 0.6) is 5.75 Å². The van der Waals surface area contributed by atoms with Gasteiger partial charge in [0.1, 0.15) is 11.6 Å². The molecule has 0 saturated carbocycles. The second-order valence-electron chi connectivity index (χ2n) is 8.78. The number of hydrogen-bond acceptors (Lipinski definition) is 5. The molecule has 170 valence electrons. The summed E-state index contributed by atoms with van der Waals surface area (Å²) in [7, 11) is 0. The summed E-state index contributed by atoms with van der Waals surface area (Å²) in [5, 5.41) is 6.31. The molecule has 32 heavy (non-hydrogen) atoms. The maximum absolute atomic E-state index is 12.5. The first-order valence-electron chi connectivity index (χ1n) is 11.9. The van der Waals surface area contributed by atoms with Crippen LogP contribution >= 0.6 is 0 Å². The summed E-state index contributed by atoms with van der Waals surface area (Å²) >= 11 is 0. The third-order valence-corrected chi connectivity index (χ3v) is 6.66. The van der Waals surface area contributed by atoms with Crippen molar-refractivity contribution in [3.8, 4) is 5.75 Å². The summed E-state index contributed by atoms with van der Waals surface area (Å²) in [6, 6.07) is 6.57. The Hall–Kier alpha value is -2.93. The van der Waals surface area contributed by atoms with E-state index in [2.05, 4.69) is 43.6 Å². The summed E-state index contributed by atoms with van der Waals surface area (Å²) in [4.78, 5) is 20.6. The van der Waals surface area contributed by atoms with E-state index in [0.717, 1.165) is 88.7 Å². The number of unbranched alkanes of at least 4 members (excludes halogenated alkanes) is 1. The van der Waals surface area contributed by atoms with Gasteiger partial charge in [-0.2, -0.15) is 0 Å². The van der Waals surface area contributed by atoms with Gasteiger partial charge >= 0.3 is 0 Å². The lowest BCUT2D eigenvalue weighted by molar-refractivity contribution is 0.0952. The van der Waals surface area contributed by atoms with Crippen LogP contribution in [-0.4, -0.2) is 68.2 Å². The molecule has 3 aliphatic rings. The maximum Gasteiger partial charge on any atom is 0.253 e. The van der Waals surface area contributed by atoms with Crippen LogP contribution in [0.25, 0.3) is 6.08 Å². The number of hydrogen-bond donors (Lipinski definition) is 3. The van der Waals surface area contributed by atoms with Gasteiger partial charge in [-0.1, -0.05) is 24.3 Å². The van der Waals surface area contributed by atoms with Gasteiger partial charge in [0.25, 0.3) is 5.91 Å². The van der Waals surface area contributed by atoms with Gasteiger partial charge in [0.05, 0.1) is 17.9 Å². The van der Waals surface area contributed by atoms with Crippen molar-refractivity contribution >= 4 is 23.5 Å². The van der Waals surface area contributed by atoms with Gasteiger partial charge in [0, 0.05) is 51.0 Å². The predicted octanol–water partition coefficient (Wildman–Crippen LogP) is 3.11. The van der Waals surface area contributed by atoms with Crippen LogP contribution in [0, 0.1) is 0 Å². The highest BCUT2D eigenvalue weighted by molar-refractivity contribution is 6.00. The van der Waals surface area contributed by atoms with E-state index in [4.69, 9.17) is 4.74 Å². The molecule has 3 aliphatic heterocycles. The molecule has 1 aromatic heterocycles. The number of benzene rings is 1. The fourth-order valence-corrected chi connectivity index (χ4v) is 4.87. The van der Waals surface area contributed by atoms with Gasteiger partial charge < -0.3 is 25.3 Å². The van der Waals surface area contributed by atoms with E-state index in [0.29, 0.717) is 12.1 Å². The van der Waals surface area contributed by atoms with Crippen LogP contribution in [0.2, 0.25) is 0 Å². The Kier molecular flexibility index (Phi) is 6.34. The Morgan fingerprint density at radius 3 is 2.97 bits per heavy atom. The van der Waals surface area contributed by atoms with Crippen molar-refractivity contribution in [3.63, 3.8) is 0 Å². The van der Waals surface area contributed by atoms with E-state index in [1.165, 1.54) is 11.3 Å². The zero-order valence-corrected chi connectivity index (χ0v) is 18.7. The molecular formula is C25H33N5O2. The summed E-state index contributed by atoms with van der Waals surface area (Å²) in [5.74, 6) is 2.04. The first kappa shape index (κ1) is 20.9. The van der Waals surface area contributed by atoms with Gasteiger partial charge in [-0.15, -0.1) is 0 Å². The average Bonchev–Trinajstić information content (AvgIpc) is 3.28. The molecule has 0 spiro atoms. The maximum atomic E-state index is 12.5. The number of carbonyl (C=O) groups is 1. The van der Waals surface area contributed by atoms with Crippen LogP contribution in [0.4, 0.5) is 11.5 Å². The average molecular weight is 436 g/mol. The Bertz CT molecular complexity index is 975. The number of ether oxygens (including phenoxy) is 1. The Morgan fingerprint density at radius 1 is 1.16 bits per heavy atom. The molecule has 1 fully saturated rings. The zero-order chi connectivity index (χ0) is 21.8. The van der Waals surface area contributed by atoms with Crippen LogP contribution < -0.4 is 20.3 Å². The lowest BCUT2D eigenvalue weighted by Gasteiger charge is -2.37. The van der Waals surface area contributed by atoms with E-state index in [-0.39, 0.29) is 5.91 Å². The van der Waals surface area contributed by atoms with Gasteiger partial charge in [-0.05, 0) is 43.9 Å². The van der Waals surface area contributed by atoms with Crippen LogP contribution in [0.3, 0.4) is 0 Å². The highest BCUT2D eigenvalue weighted by atomic mass is 16.5. The monoisotopic (exact) mass is 435 g/mol. The van der Waals surface area contributed by atoms with Crippen molar-refractivity contribution in [3.05, 3.63) is 47.2 Å². The van der Waals surface area contributed by atoms with E-state index >= 15 is 0 Å². The number of piperazine rings is 1. The predicted molar refractivity (Wildman–Crippen MR) is 129 cm³/mol. The fraction of sp³-hybridized carbons (Fsp3) is 0.480. The number of H-pyrrole nitrogens is 1. The molecular weight excluding hydrogens is 402 g/mol. The fourth-order valence-electron chi connectivity index (χ4n) is 4.87. The number of aromatic nitrogens is 1. The quantitative estimate of drug-likeness (QED) is 0.583. The van der Waals surface area contributed by atoms with Crippen molar-refractivity contribution in [2.24, 2.45) is 0 Å². The lowest BCUT2D eigenvalue weighted by atomic mass is 10.0. The summed E-state index contributed by atoms with van der Waals surface area (Å²) in [5.41, 5.74) is 4.29. The molecule has 0 atom stereocenters. The normalized spacial score (nSPS) is 17.8. The topological polar surface area (TPSA) is 72.6 Å². The number of aromatic amines is 1. The minimum Gasteiger partial charge on any atom is -0.491 e. The highest BCUT2D eigenvalue weighted by Crippen LogP contribution is 2.35. The molecule has 1 aromatic carbocycles. The molecule has 1 saturated heterocycles. The second kappa shape index (κ2) is 9.69. The third kappa shape index (κ3) is 4.48. The minimum absolute atomic E-state index is 0.00197. The van der Waals surface area contributed by atoms with Crippen LogP contribution in [0.15, 0.2) is 30.5 Å². The number of nitrogens with one attached hydrogen (secondary N) is 3. The number of anilines is 2. The summed E-state index contributed by atoms with van der Waals surface area (Å²) < 4.78 is 6.00. The molecule has 0 aliphatic carbocycles. The van der Waals surface area contributed by atoms with Gasteiger partial charge in [-0.3, -0.25) is 9.69 Å². The number of para-hydroxylation sites is 1. The third-order valence-electron chi connectivity index (χ3n) is 6.66. The molecule has 7 heteroatoms. The number of nitrogens with zero attached hydrogens (tertiary/aromatic N) is 2.